The van der Waals surface area contributed by atoms with Crippen molar-refractivity contribution in [2.75, 3.05) is 13.1 Å². The molecular formula is C15H12ClF9N4O2. The lowest BCUT2D eigenvalue weighted by Gasteiger charge is -2.21. The maximum atomic E-state index is 13.0. The molecule has 0 aliphatic carbocycles. The number of aliphatic carboxylic acids is 1. The lowest BCUT2D eigenvalue weighted by atomic mass is 9.95. The zero-order valence-electron chi connectivity index (χ0n) is 15.0. The number of halogens is 10. The van der Waals surface area contributed by atoms with Gasteiger partial charge in [0.05, 0.1) is 5.56 Å². The molecule has 0 saturated carbocycles. The molecule has 0 bridgehead atoms. The van der Waals surface area contributed by atoms with E-state index < -0.39 is 46.8 Å². The smallest absolute Gasteiger partial charge is 0.475 e. The minimum Gasteiger partial charge on any atom is -0.475 e. The monoisotopic (exact) mass is 486 g/mol. The fourth-order valence-electron chi connectivity index (χ4n) is 2.90. The second kappa shape index (κ2) is 8.41. The van der Waals surface area contributed by atoms with E-state index in [1.807, 2.05) is 0 Å². The minimum atomic E-state index is -5.08. The van der Waals surface area contributed by atoms with Crippen LogP contribution < -0.4 is 0 Å². The van der Waals surface area contributed by atoms with Gasteiger partial charge in [0.15, 0.2) is 0 Å². The zero-order chi connectivity index (χ0) is 23.8. The van der Waals surface area contributed by atoms with Gasteiger partial charge in [0, 0.05) is 25.2 Å². The van der Waals surface area contributed by atoms with Crippen molar-refractivity contribution in [2.45, 2.75) is 37.2 Å². The van der Waals surface area contributed by atoms with Gasteiger partial charge in [0.25, 0.3) is 5.66 Å². The van der Waals surface area contributed by atoms with Gasteiger partial charge in [-0.15, -0.1) is 10.2 Å². The van der Waals surface area contributed by atoms with E-state index in [1.54, 1.807) is 4.90 Å². The molecule has 1 N–H and O–H groups in total. The first-order valence-electron chi connectivity index (χ1n) is 8.22. The number of hydrogen-bond donors (Lipinski definition) is 1. The molecule has 3 rings (SSSR count). The molecule has 3 heterocycles. The van der Waals surface area contributed by atoms with E-state index in [2.05, 4.69) is 15.2 Å². The van der Waals surface area contributed by atoms with Crippen molar-refractivity contribution < 1.29 is 49.4 Å². The average molecular weight is 487 g/mol. The Kier molecular flexibility index (Phi) is 6.81. The van der Waals surface area contributed by atoms with Gasteiger partial charge in [-0.3, -0.25) is 4.90 Å². The normalized spacial score (nSPS) is 20.9. The van der Waals surface area contributed by atoms with Gasteiger partial charge < -0.3 is 5.11 Å². The van der Waals surface area contributed by atoms with Crippen LogP contribution in [0.15, 0.2) is 22.5 Å². The molecule has 2 aliphatic heterocycles. The van der Waals surface area contributed by atoms with Gasteiger partial charge in [-0.05, 0) is 24.6 Å². The van der Waals surface area contributed by atoms with Gasteiger partial charge in [0.2, 0.25) is 0 Å². The number of nitrogens with zero attached hydrogens (tertiary/aromatic N) is 4. The lowest BCUT2D eigenvalue weighted by Crippen LogP contribution is -2.41. The van der Waals surface area contributed by atoms with E-state index in [1.165, 1.54) is 6.20 Å². The summed E-state index contributed by atoms with van der Waals surface area (Å²) < 4.78 is 109. The van der Waals surface area contributed by atoms with Crippen LogP contribution in [0, 0.1) is 5.92 Å². The Labute approximate surface area is 172 Å². The van der Waals surface area contributed by atoms with Crippen LogP contribution in [0.5, 0.6) is 0 Å². The molecule has 1 fully saturated rings. The molecule has 0 amide bonds. The minimum absolute atomic E-state index is 0.0521. The SMILES string of the molecule is FC(F)(F)c1cc(CN2CCC(C3(C(F)(F)F)N=N3)C2)cnc1Cl.O=C(O)C(F)(F)F. The number of pyridine rings is 1. The molecule has 0 aromatic carbocycles. The lowest BCUT2D eigenvalue weighted by molar-refractivity contribution is -0.192. The molecule has 1 aromatic rings. The maximum absolute atomic E-state index is 13.0. The summed E-state index contributed by atoms with van der Waals surface area (Å²) in [4.78, 5) is 14.0. The molecule has 1 aromatic heterocycles. The highest BCUT2D eigenvalue weighted by molar-refractivity contribution is 6.30. The van der Waals surface area contributed by atoms with Crippen molar-refractivity contribution in [1.82, 2.24) is 9.88 Å². The van der Waals surface area contributed by atoms with Gasteiger partial charge >= 0.3 is 24.5 Å². The predicted octanol–water partition coefficient (Wildman–Crippen LogP) is 4.93. The molecule has 1 unspecified atom stereocenters. The number of carboxylic acid groups (broad SMARTS) is 1. The summed E-state index contributed by atoms with van der Waals surface area (Å²) in [5, 5.41) is 12.8. The molecule has 6 nitrogen and oxygen atoms in total. The maximum Gasteiger partial charge on any atom is 0.490 e. The van der Waals surface area contributed by atoms with Crippen molar-refractivity contribution >= 4 is 17.6 Å². The number of carboxylic acids is 1. The van der Waals surface area contributed by atoms with Crippen LogP contribution in [0.3, 0.4) is 0 Å². The fourth-order valence-corrected chi connectivity index (χ4v) is 3.11. The van der Waals surface area contributed by atoms with Gasteiger partial charge in [-0.1, -0.05) is 11.6 Å². The molecule has 0 radical (unpaired) electrons. The van der Waals surface area contributed by atoms with E-state index in [0.717, 1.165) is 6.07 Å². The number of hydrogen-bond acceptors (Lipinski definition) is 5. The van der Waals surface area contributed by atoms with Crippen LogP contribution in [-0.4, -0.2) is 52.1 Å². The largest absolute Gasteiger partial charge is 0.490 e. The van der Waals surface area contributed by atoms with Gasteiger partial charge in [0.1, 0.15) is 5.15 Å². The van der Waals surface area contributed by atoms with Crippen molar-refractivity contribution in [3.63, 3.8) is 0 Å². The van der Waals surface area contributed by atoms with Gasteiger partial charge in [-0.2, -0.15) is 39.5 Å². The number of alkyl halides is 9. The average Bonchev–Trinajstić information content (AvgIpc) is 3.30. The van der Waals surface area contributed by atoms with E-state index >= 15 is 0 Å². The number of carbonyl (C=O) groups is 1. The molecule has 31 heavy (non-hydrogen) atoms. The molecule has 1 saturated heterocycles. The Morgan fingerprint density at radius 1 is 1.16 bits per heavy atom. The van der Waals surface area contributed by atoms with Crippen LogP contribution in [0.2, 0.25) is 5.15 Å². The summed E-state index contributed by atoms with van der Waals surface area (Å²) in [7, 11) is 0. The predicted molar refractivity (Wildman–Crippen MR) is 85.0 cm³/mol. The first-order valence-corrected chi connectivity index (χ1v) is 8.60. The van der Waals surface area contributed by atoms with Crippen LogP contribution in [0.4, 0.5) is 39.5 Å². The van der Waals surface area contributed by atoms with E-state index in [0.29, 0.717) is 6.54 Å². The Balaban J connectivity index is 0.000000423. The Hall–Kier alpha value is -2.16. The van der Waals surface area contributed by atoms with Crippen LogP contribution in [0.25, 0.3) is 0 Å². The Bertz CT molecular complexity index is 848. The highest BCUT2D eigenvalue weighted by Gasteiger charge is 2.68. The molecule has 174 valence electrons. The van der Waals surface area contributed by atoms with Crippen molar-refractivity contribution in [2.24, 2.45) is 16.1 Å². The third-order valence-electron chi connectivity index (χ3n) is 4.42. The second-order valence-electron chi connectivity index (χ2n) is 6.63. The molecule has 2 aliphatic rings. The van der Waals surface area contributed by atoms with E-state index in [9.17, 15) is 39.5 Å². The molecule has 0 spiro atoms. The topological polar surface area (TPSA) is 78.2 Å². The van der Waals surface area contributed by atoms with Gasteiger partial charge in [-0.25, -0.2) is 9.78 Å². The summed E-state index contributed by atoms with van der Waals surface area (Å²) in [6.07, 6.45) is -12.9. The van der Waals surface area contributed by atoms with E-state index in [-0.39, 0.29) is 25.1 Å². The number of rotatable bonds is 3. The number of likely N-dealkylation sites (tertiary alicyclic amines) is 1. The molecule has 16 heteroatoms. The number of aromatic nitrogens is 1. The standard InChI is InChI=1S/C13H11ClF6N4.C2HF3O2/c14-10-9(12(15,16)17)3-7(4-21-10)5-24-2-1-8(6-24)11(22-23-11)13(18,19)20;3-2(4,5)1(6)7/h3-4,8H,1-2,5-6H2;(H,6,7). The summed E-state index contributed by atoms with van der Waals surface area (Å²) in [5.41, 5.74) is -3.16. The van der Waals surface area contributed by atoms with Crippen LogP contribution in [-0.2, 0) is 17.5 Å². The fraction of sp³-hybridized carbons (Fsp3) is 0.600. The summed E-state index contributed by atoms with van der Waals surface area (Å²) >= 11 is 5.44. The third kappa shape index (κ3) is 5.96. The van der Waals surface area contributed by atoms with Crippen molar-refractivity contribution in [3.8, 4) is 0 Å². The quantitative estimate of drug-likeness (QED) is 0.485. The summed E-state index contributed by atoms with van der Waals surface area (Å²) in [5.74, 6) is -3.58. The Morgan fingerprint density at radius 2 is 1.71 bits per heavy atom. The Morgan fingerprint density at radius 3 is 2.13 bits per heavy atom. The van der Waals surface area contributed by atoms with E-state index in [4.69, 9.17) is 21.5 Å². The first kappa shape index (κ1) is 25.1. The highest BCUT2D eigenvalue weighted by atomic mass is 35.5. The third-order valence-corrected chi connectivity index (χ3v) is 4.73. The van der Waals surface area contributed by atoms with Crippen LogP contribution >= 0.6 is 11.6 Å². The summed E-state index contributed by atoms with van der Waals surface area (Å²) in [6, 6.07) is 0.869. The van der Waals surface area contributed by atoms with Crippen LogP contribution in [0.1, 0.15) is 17.5 Å². The first-order chi connectivity index (χ1) is 14.0. The second-order valence-corrected chi connectivity index (χ2v) is 6.99. The molecular weight excluding hydrogens is 475 g/mol. The van der Waals surface area contributed by atoms with Crippen molar-refractivity contribution in [3.05, 3.63) is 28.5 Å². The highest BCUT2D eigenvalue weighted by Crippen LogP contribution is 2.52. The summed E-state index contributed by atoms with van der Waals surface area (Å²) in [6.45, 7) is 0.422. The molecule has 1 atom stereocenters. The zero-order valence-corrected chi connectivity index (χ0v) is 15.7. The van der Waals surface area contributed by atoms with Crippen molar-refractivity contribution in [1.29, 1.82) is 0 Å².